The molecule has 0 radical (unpaired) electrons. The summed E-state index contributed by atoms with van der Waals surface area (Å²) in [4.78, 5) is 20.5. The Balaban J connectivity index is 0.000000447. The van der Waals surface area contributed by atoms with Crippen LogP contribution in [0.3, 0.4) is 0 Å². The molecule has 0 amide bonds. The van der Waals surface area contributed by atoms with Gasteiger partial charge in [0.05, 0.1) is 67.0 Å². The summed E-state index contributed by atoms with van der Waals surface area (Å²) in [5.41, 5.74) is 8.38. The van der Waals surface area contributed by atoms with Crippen LogP contribution in [0.5, 0.6) is 0 Å². The molecule has 0 fully saturated rings. The fraction of sp³-hybridized carbons (Fsp3) is 0.491. The maximum absolute atomic E-state index is 12.5. The van der Waals surface area contributed by atoms with Crippen molar-refractivity contribution in [1.29, 1.82) is 0 Å². The van der Waals surface area contributed by atoms with Gasteiger partial charge in [-0.3, -0.25) is 0 Å². The van der Waals surface area contributed by atoms with E-state index in [0.717, 1.165) is 63.1 Å². The van der Waals surface area contributed by atoms with E-state index in [4.69, 9.17) is 41.4 Å². The zero-order chi connectivity index (χ0) is 55.2. The fourth-order valence-electron chi connectivity index (χ4n) is 6.28. The molecular weight excluding hydrogens is 1050 g/mol. The predicted molar refractivity (Wildman–Crippen MR) is 319 cm³/mol. The summed E-state index contributed by atoms with van der Waals surface area (Å²) in [5, 5.41) is 4.37. The van der Waals surface area contributed by atoms with Crippen molar-refractivity contribution in [3.05, 3.63) is 117 Å². The van der Waals surface area contributed by atoms with Crippen molar-refractivity contribution in [2.45, 2.75) is 187 Å². The van der Waals surface area contributed by atoms with Crippen molar-refractivity contribution in [3.63, 3.8) is 0 Å². The van der Waals surface area contributed by atoms with Gasteiger partial charge in [0.25, 0.3) is 0 Å². The molecule has 0 saturated heterocycles. The van der Waals surface area contributed by atoms with Crippen molar-refractivity contribution in [2.75, 3.05) is 0 Å². The second kappa shape index (κ2) is 32.8. The van der Waals surface area contributed by atoms with E-state index < -0.39 is 11.2 Å². The van der Waals surface area contributed by atoms with Crippen LogP contribution in [0.4, 0.5) is 18.9 Å². The summed E-state index contributed by atoms with van der Waals surface area (Å²) in [6, 6.07) is 15.7. The topological polar surface area (TPSA) is 55.9 Å². The molecule has 5 nitrogen and oxygen atoms in total. The van der Waals surface area contributed by atoms with E-state index in [1.54, 1.807) is 46.1 Å². The molecule has 4 aromatic heterocycles. The molecule has 0 spiro atoms. The molecule has 0 aliphatic carbocycles. The molecule has 396 valence electrons. The first-order valence-corrected chi connectivity index (χ1v) is 29.2. The Kier molecular flexibility index (Phi) is 30.3. The van der Waals surface area contributed by atoms with Crippen LogP contribution in [0.2, 0.25) is 15.1 Å². The normalized spacial score (nSPS) is 10.7. The van der Waals surface area contributed by atoms with Crippen LogP contribution in [-0.4, -0.2) is 19.9 Å². The maximum atomic E-state index is 12.5. The van der Waals surface area contributed by atoms with Gasteiger partial charge in [-0.2, -0.15) is 13.2 Å². The quantitative estimate of drug-likeness (QED) is 0.165. The molecule has 8 aromatic rings. The molecule has 4 heterocycles. The minimum Gasteiger partial charge on any atom is -0.243 e. The molecule has 4 aromatic carbocycles. The Morgan fingerprint density at radius 2 is 0.917 bits per heavy atom. The lowest BCUT2D eigenvalue weighted by molar-refractivity contribution is -0.137. The third-order valence-electron chi connectivity index (χ3n) is 9.29. The molecular formula is C57H77Cl3F3N5S4. The van der Waals surface area contributed by atoms with Crippen LogP contribution in [-0.2, 0) is 6.18 Å². The van der Waals surface area contributed by atoms with Crippen LogP contribution >= 0.6 is 80.1 Å². The number of nitrogens with zero attached hydrogens (tertiary/aromatic N) is 5. The summed E-state index contributed by atoms with van der Waals surface area (Å²) in [6.07, 6.45) is 0.588. The number of alkyl halides is 3. The zero-order valence-corrected chi connectivity index (χ0v) is 51.4. The van der Waals surface area contributed by atoms with E-state index in [0.29, 0.717) is 44.3 Å². The highest BCUT2D eigenvalue weighted by atomic mass is 35.5. The molecule has 0 aliphatic heterocycles. The average Bonchev–Trinajstić information content (AvgIpc) is 4.08. The molecule has 15 heteroatoms. The lowest BCUT2D eigenvalue weighted by Crippen LogP contribution is -2.03. The first-order valence-electron chi connectivity index (χ1n) is 24.8. The third-order valence-corrected chi connectivity index (χ3v) is 14.5. The minimum atomic E-state index is -4.41. The molecule has 72 heavy (non-hydrogen) atoms. The van der Waals surface area contributed by atoms with Gasteiger partial charge in [-0.25, -0.2) is 24.8 Å². The maximum Gasteiger partial charge on any atom is 0.443 e. The molecule has 0 saturated carbocycles. The van der Waals surface area contributed by atoms with Crippen molar-refractivity contribution < 1.29 is 13.2 Å². The van der Waals surface area contributed by atoms with E-state index in [2.05, 4.69) is 140 Å². The van der Waals surface area contributed by atoms with Gasteiger partial charge in [0.15, 0.2) is 5.01 Å². The predicted octanol–water partition coefficient (Wildman–Crippen LogP) is 23.8. The summed E-state index contributed by atoms with van der Waals surface area (Å²) in [5.74, 6) is 1.48. The van der Waals surface area contributed by atoms with Gasteiger partial charge < -0.3 is 0 Å². The Morgan fingerprint density at radius 1 is 0.500 bits per heavy atom. The lowest BCUT2D eigenvalue weighted by atomic mass is 10.0. The van der Waals surface area contributed by atoms with E-state index in [1.165, 1.54) is 46.2 Å². The Bertz CT molecular complexity index is 2890. The molecule has 0 N–H and O–H groups in total. The zero-order valence-electron chi connectivity index (χ0n) is 45.9. The largest absolute Gasteiger partial charge is 0.443 e. The van der Waals surface area contributed by atoms with Crippen molar-refractivity contribution in [1.82, 2.24) is 19.9 Å². The minimum absolute atomic E-state index is 0.170. The van der Waals surface area contributed by atoms with Crippen LogP contribution in [0.1, 0.15) is 202 Å². The summed E-state index contributed by atoms with van der Waals surface area (Å²) in [7, 11) is 0. The highest BCUT2D eigenvalue weighted by Gasteiger charge is 2.35. The number of hydrogen-bond donors (Lipinski definition) is 0. The number of halogens is 6. The molecule has 0 atom stereocenters. The summed E-state index contributed by atoms with van der Waals surface area (Å²) >= 11 is 24.2. The smallest absolute Gasteiger partial charge is 0.243 e. The summed E-state index contributed by atoms with van der Waals surface area (Å²) < 4.78 is 41.4. The second-order valence-electron chi connectivity index (χ2n) is 18.1. The van der Waals surface area contributed by atoms with E-state index in [9.17, 15) is 13.2 Å². The van der Waals surface area contributed by atoms with Crippen LogP contribution in [0.15, 0.2) is 48.5 Å². The number of thiazole rings is 4. The van der Waals surface area contributed by atoms with Crippen LogP contribution in [0.25, 0.3) is 45.7 Å². The Morgan fingerprint density at radius 3 is 1.40 bits per heavy atom. The molecule has 0 bridgehead atoms. The van der Waals surface area contributed by atoms with Gasteiger partial charge in [-0.05, 0) is 97.0 Å². The Labute approximate surface area is 460 Å². The van der Waals surface area contributed by atoms with Crippen molar-refractivity contribution in [3.8, 4) is 0 Å². The van der Waals surface area contributed by atoms with E-state index in [1.807, 2.05) is 52.8 Å². The van der Waals surface area contributed by atoms with Gasteiger partial charge in [-0.1, -0.05) is 189 Å². The number of aryl methyl sites for hydroxylation is 3. The third kappa shape index (κ3) is 20.0. The highest BCUT2D eigenvalue weighted by Crippen LogP contribution is 2.41. The Hall–Kier alpha value is -3.41. The molecule has 0 aliphatic rings. The van der Waals surface area contributed by atoms with Gasteiger partial charge in [0.1, 0.15) is 5.52 Å². The van der Waals surface area contributed by atoms with Gasteiger partial charge >= 0.3 is 6.18 Å². The first-order chi connectivity index (χ1) is 33.8. The van der Waals surface area contributed by atoms with E-state index >= 15 is 0 Å². The van der Waals surface area contributed by atoms with Gasteiger partial charge in [0.2, 0.25) is 5.69 Å². The van der Waals surface area contributed by atoms with Gasteiger partial charge in [0, 0.05) is 5.02 Å². The monoisotopic (exact) mass is 1120 g/mol. The van der Waals surface area contributed by atoms with Crippen molar-refractivity contribution in [2.24, 2.45) is 0 Å². The number of rotatable bonds is 4. The number of fused-ring (bicyclic) bond motifs is 4. The standard InChI is InChI=1S/C12H12N2S.C11H9ClF3NS.2C11H12ClNS.4C3H8/c1-7(2)9-5-6-10-12(11(9)13-4)15-8(3)14-10;1-5(2)6-3-4-7-9(8(6)12)17-10(16-7)11(13,14)15;1-6(2)8-4-11-10(5-9(8)12)13-7(3)14-11;1-6(2)8-4-5-9-11(10(8)12)13-7(3)14-9;4*1-3-2/h5-7H,1-3H3;3-5H,1-2H3;2*4-6H,1-3H3;4*3H2,1-2H3. The van der Waals surface area contributed by atoms with E-state index in [-0.39, 0.29) is 5.92 Å². The second-order valence-corrected chi connectivity index (χ2v) is 23.9. The lowest BCUT2D eigenvalue weighted by Gasteiger charge is -2.07. The average molecular weight is 1120 g/mol. The fourth-order valence-corrected chi connectivity index (χ4v) is 11.1. The number of aromatic nitrogens is 4. The summed E-state index contributed by atoms with van der Waals surface area (Å²) in [6.45, 7) is 47.0. The van der Waals surface area contributed by atoms with Crippen LogP contribution < -0.4 is 0 Å². The van der Waals surface area contributed by atoms with Crippen molar-refractivity contribution >= 4 is 127 Å². The molecule has 0 unspecified atom stereocenters. The number of benzene rings is 4. The molecule has 8 rings (SSSR count). The highest BCUT2D eigenvalue weighted by molar-refractivity contribution is 7.20. The first kappa shape index (κ1) is 66.6. The van der Waals surface area contributed by atoms with Crippen LogP contribution in [0, 0.1) is 27.3 Å². The SMILES string of the molecule is CC(C)c1ccc2nc(C(F)(F)F)sc2c1Cl.CCC.CCC.CCC.CCC.Cc1nc2c(Cl)c(C(C)C)ccc2s1.Cc1nc2cc(Cl)c(C(C)C)cc2s1.[C-]#[N+]c1c(C(C)C)ccc2nc(C)sc12. The number of hydrogen-bond acceptors (Lipinski definition) is 8. The van der Waals surface area contributed by atoms with Gasteiger partial charge in [-0.15, -0.1) is 45.3 Å².